The minimum absolute atomic E-state index is 0.123. The van der Waals surface area contributed by atoms with E-state index in [2.05, 4.69) is 15.3 Å². The number of thiazole rings is 1. The number of aryl methyl sites for hydroxylation is 1. The van der Waals surface area contributed by atoms with Crippen LogP contribution in [0.2, 0.25) is 10.0 Å². The van der Waals surface area contributed by atoms with E-state index in [4.69, 9.17) is 23.2 Å². The molecule has 0 bridgehead atoms. The van der Waals surface area contributed by atoms with Crippen LogP contribution < -0.4 is 4.90 Å². The molecule has 2 heterocycles. The molecular weight excluding hydrogens is 429 g/mol. The summed E-state index contributed by atoms with van der Waals surface area (Å²) in [6.07, 6.45) is 0.801. The number of rotatable bonds is 5. The zero-order valence-corrected chi connectivity index (χ0v) is 18.1. The lowest BCUT2D eigenvalue weighted by atomic mass is 10.1. The number of hydrogen-bond donors (Lipinski definition) is 0. The van der Waals surface area contributed by atoms with Gasteiger partial charge in [0.05, 0.1) is 16.2 Å². The molecule has 0 saturated carbocycles. The van der Waals surface area contributed by atoms with Crippen molar-refractivity contribution in [1.29, 1.82) is 0 Å². The highest BCUT2D eigenvalue weighted by Crippen LogP contribution is 2.34. The van der Waals surface area contributed by atoms with Gasteiger partial charge in [-0.05, 0) is 42.8 Å². The van der Waals surface area contributed by atoms with Gasteiger partial charge in [-0.1, -0.05) is 35.3 Å². The number of fused-ring (bicyclic) bond motifs is 1. The number of anilines is 1. The van der Waals surface area contributed by atoms with E-state index in [0.717, 1.165) is 17.5 Å². The van der Waals surface area contributed by atoms with Crippen molar-refractivity contribution in [3.63, 3.8) is 0 Å². The molecule has 0 aliphatic carbocycles. The van der Waals surface area contributed by atoms with Crippen LogP contribution in [0.4, 0.5) is 5.13 Å². The molecule has 148 valence electrons. The second-order valence-corrected chi connectivity index (χ2v) is 8.19. The van der Waals surface area contributed by atoms with E-state index in [1.54, 1.807) is 33.8 Å². The first-order valence-corrected chi connectivity index (χ1v) is 10.6. The number of nitrogens with zero attached hydrogens (tertiary/aromatic N) is 5. The van der Waals surface area contributed by atoms with Crippen LogP contribution in [0.1, 0.15) is 23.7 Å². The highest BCUT2D eigenvalue weighted by Gasteiger charge is 2.22. The predicted molar refractivity (Wildman–Crippen MR) is 118 cm³/mol. The normalized spacial score (nSPS) is 11.2. The van der Waals surface area contributed by atoms with Crippen molar-refractivity contribution in [2.45, 2.75) is 13.3 Å². The number of carbonyl (C=O) groups excluding carboxylic acids is 1. The SMILES string of the molecule is CCCN(C(=O)c1ccc2c(c1)nnn2C)c1nc(-c2ccc(Cl)cc2Cl)cs1. The smallest absolute Gasteiger partial charge is 0.260 e. The van der Waals surface area contributed by atoms with Crippen molar-refractivity contribution < 1.29 is 4.79 Å². The van der Waals surface area contributed by atoms with Gasteiger partial charge in [0, 0.05) is 35.1 Å². The third kappa shape index (κ3) is 3.85. The second kappa shape index (κ2) is 8.10. The van der Waals surface area contributed by atoms with Gasteiger partial charge in [-0.25, -0.2) is 9.67 Å². The van der Waals surface area contributed by atoms with E-state index >= 15 is 0 Å². The van der Waals surface area contributed by atoms with Gasteiger partial charge in [-0.3, -0.25) is 9.69 Å². The maximum Gasteiger partial charge on any atom is 0.260 e. The Kier molecular flexibility index (Phi) is 5.54. The molecular formula is C20H17Cl2N5OS. The molecule has 0 unspecified atom stereocenters. The van der Waals surface area contributed by atoms with Gasteiger partial charge < -0.3 is 0 Å². The molecule has 9 heteroatoms. The lowest BCUT2D eigenvalue weighted by Crippen LogP contribution is -2.31. The molecule has 2 aromatic carbocycles. The highest BCUT2D eigenvalue weighted by molar-refractivity contribution is 7.14. The molecule has 6 nitrogen and oxygen atoms in total. The van der Waals surface area contributed by atoms with Crippen LogP contribution in [0, 0.1) is 0 Å². The Morgan fingerprint density at radius 1 is 1.21 bits per heavy atom. The Bertz CT molecular complexity index is 1200. The fourth-order valence-electron chi connectivity index (χ4n) is 3.05. The fraction of sp³-hybridized carbons (Fsp3) is 0.200. The molecule has 0 saturated heterocycles. The lowest BCUT2D eigenvalue weighted by molar-refractivity contribution is 0.0987. The molecule has 0 fully saturated rings. The van der Waals surface area contributed by atoms with E-state index in [0.29, 0.717) is 38.5 Å². The number of carbonyl (C=O) groups is 1. The van der Waals surface area contributed by atoms with E-state index in [-0.39, 0.29) is 5.91 Å². The summed E-state index contributed by atoms with van der Waals surface area (Å²) in [5, 5.41) is 11.7. The van der Waals surface area contributed by atoms with Gasteiger partial charge in [-0.2, -0.15) is 0 Å². The zero-order valence-electron chi connectivity index (χ0n) is 15.8. The van der Waals surface area contributed by atoms with E-state index in [1.165, 1.54) is 11.3 Å². The van der Waals surface area contributed by atoms with Gasteiger partial charge in [0.15, 0.2) is 5.13 Å². The van der Waals surface area contributed by atoms with Crippen LogP contribution in [0.15, 0.2) is 41.8 Å². The molecule has 0 N–H and O–H groups in total. The molecule has 2 aromatic heterocycles. The molecule has 4 aromatic rings. The summed E-state index contributed by atoms with van der Waals surface area (Å²) in [5.74, 6) is -0.123. The number of benzene rings is 2. The summed E-state index contributed by atoms with van der Waals surface area (Å²) < 4.78 is 1.68. The minimum atomic E-state index is -0.123. The number of halogens is 2. The maximum absolute atomic E-state index is 13.2. The van der Waals surface area contributed by atoms with E-state index in [1.807, 2.05) is 31.5 Å². The van der Waals surface area contributed by atoms with Crippen molar-refractivity contribution in [3.05, 3.63) is 57.4 Å². The third-order valence-corrected chi connectivity index (χ3v) is 5.89. The zero-order chi connectivity index (χ0) is 20.5. The van der Waals surface area contributed by atoms with Crippen LogP contribution in [0.3, 0.4) is 0 Å². The summed E-state index contributed by atoms with van der Waals surface area (Å²) in [7, 11) is 1.82. The molecule has 0 aliphatic rings. The monoisotopic (exact) mass is 445 g/mol. The van der Waals surface area contributed by atoms with Crippen molar-refractivity contribution in [3.8, 4) is 11.3 Å². The molecule has 0 radical (unpaired) electrons. The first kappa shape index (κ1) is 19.8. The summed E-state index contributed by atoms with van der Waals surface area (Å²) in [5.41, 5.74) is 3.60. The van der Waals surface area contributed by atoms with Gasteiger partial charge >= 0.3 is 0 Å². The Labute approximate surface area is 181 Å². The summed E-state index contributed by atoms with van der Waals surface area (Å²) in [6, 6.07) is 10.7. The Morgan fingerprint density at radius 2 is 2.03 bits per heavy atom. The molecule has 1 amide bonds. The van der Waals surface area contributed by atoms with Gasteiger partial charge in [0.1, 0.15) is 5.52 Å². The van der Waals surface area contributed by atoms with Crippen LogP contribution in [0.25, 0.3) is 22.3 Å². The maximum atomic E-state index is 13.2. The van der Waals surface area contributed by atoms with Crippen LogP contribution in [0.5, 0.6) is 0 Å². The summed E-state index contributed by atoms with van der Waals surface area (Å²) >= 11 is 13.7. The van der Waals surface area contributed by atoms with E-state index < -0.39 is 0 Å². The van der Waals surface area contributed by atoms with Gasteiger partial charge in [0.2, 0.25) is 0 Å². The average molecular weight is 446 g/mol. The number of hydrogen-bond acceptors (Lipinski definition) is 5. The van der Waals surface area contributed by atoms with Crippen LogP contribution >= 0.6 is 34.5 Å². The minimum Gasteiger partial charge on any atom is -0.284 e. The largest absolute Gasteiger partial charge is 0.284 e. The summed E-state index contributed by atoms with van der Waals surface area (Å²) in [4.78, 5) is 19.6. The van der Waals surface area contributed by atoms with Crippen LogP contribution in [-0.2, 0) is 7.05 Å². The topological polar surface area (TPSA) is 63.9 Å². The fourth-order valence-corrected chi connectivity index (χ4v) is 4.40. The third-order valence-electron chi connectivity index (χ3n) is 4.48. The standard InChI is InChI=1S/C20H17Cl2N5OS/c1-3-8-27(19(28)12-4-7-18-16(9-12)24-25-26(18)2)20-23-17(11-29-20)14-6-5-13(21)10-15(14)22/h4-7,9-11H,3,8H2,1-2H3. The highest BCUT2D eigenvalue weighted by atomic mass is 35.5. The number of aromatic nitrogens is 4. The molecule has 0 atom stereocenters. The molecule has 4 rings (SSSR count). The lowest BCUT2D eigenvalue weighted by Gasteiger charge is -2.19. The van der Waals surface area contributed by atoms with Crippen LogP contribution in [-0.4, -0.2) is 32.4 Å². The molecule has 29 heavy (non-hydrogen) atoms. The van der Waals surface area contributed by atoms with Gasteiger partial charge in [-0.15, -0.1) is 16.4 Å². The average Bonchev–Trinajstić information content (AvgIpc) is 3.32. The quantitative estimate of drug-likeness (QED) is 0.409. The Balaban J connectivity index is 1.68. The van der Waals surface area contributed by atoms with Crippen molar-refractivity contribution in [2.24, 2.45) is 7.05 Å². The van der Waals surface area contributed by atoms with Crippen molar-refractivity contribution in [2.75, 3.05) is 11.4 Å². The van der Waals surface area contributed by atoms with Crippen molar-refractivity contribution >= 4 is 56.6 Å². The van der Waals surface area contributed by atoms with Gasteiger partial charge in [0.25, 0.3) is 5.91 Å². The van der Waals surface area contributed by atoms with E-state index in [9.17, 15) is 4.79 Å². The van der Waals surface area contributed by atoms with Crippen molar-refractivity contribution in [1.82, 2.24) is 20.0 Å². The number of amides is 1. The Hall–Kier alpha value is -2.48. The Morgan fingerprint density at radius 3 is 2.79 bits per heavy atom. The molecule has 0 spiro atoms. The first-order valence-electron chi connectivity index (χ1n) is 9.00. The second-order valence-electron chi connectivity index (χ2n) is 6.51. The summed E-state index contributed by atoms with van der Waals surface area (Å²) in [6.45, 7) is 2.58. The first-order chi connectivity index (χ1) is 14.0. The predicted octanol–water partition coefficient (Wildman–Crippen LogP) is 5.46. The molecule has 0 aliphatic heterocycles.